The molecule has 0 aliphatic carbocycles. The standard InChI is InChI=1S/C16H13N3O2S/c17-15(21)19(12-7-4-8-13(20)9-12)16-18-10-14(22-16)11-5-2-1-3-6-11/h1-10,20H,(H2,17,21). The van der Waals surface area contributed by atoms with Gasteiger partial charge in [0.2, 0.25) is 0 Å². The maximum absolute atomic E-state index is 11.8. The van der Waals surface area contributed by atoms with E-state index in [2.05, 4.69) is 4.98 Å². The molecule has 0 saturated heterocycles. The fourth-order valence-corrected chi connectivity index (χ4v) is 3.02. The number of rotatable bonds is 3. The fourth-order valence-electron chi connectivity index (χ4n) is 2.07. The van der Waals surface area contributed by atoms with E-state index in [9.17, 15) is 9.90 Å². The van der Waals surface area contributed by atoms with Gasteiger partial charge in [0.15, 0.2) is 5.13 Å². The second-order valence-corrected chi connectivity index (χ2v) is 5.58. The highest BCUT2D eigenvalue weighted by Crippen LogP contribution is 2.35. The van der Waals surface area contributed by atoms with E-state index in [1.165, 1.54) is 28.4 Å². The average Bonchev–Trinajstić information content (AvgIpc) is 2.97. The van der Waals surface area contributed by atoms with Crippen LogP contribution in [0, 0.1) is 0 Å². The minimum Gasteiger partial charge on any atom is -0.508 e. The number of carbonyl (C=O) groups is 1. The summed E-state index contributed by atoms with van der Waals surface area (Å²) in [6, 6.07) is 15.4. The molecule has 0 atom stereocenters. The van der Waals surface area contributed by atoms with Gasteiger partial charge in [0.25, 0.3) is 0 Å². The Morgan fingerprint density at radius 3 is 2.59 bits per heavy atom. The van der Waals surface area contributed by atoms with Gasteiger partial charge < -0.3 is 10.8 Å². The Hall–Kier alpha value is -2.86. The lowest BCUT2D eigenvalue weighted by molar-refractivity contribution is 0.256. The zero-order valence-electron chi connectivity index (χ0n) is 11.5. The molecule has 3 rings (SSSR count). The summed E-state index contributed by atoms with van der Waals surface area (Å²) < 4.78 is 0. The molecule has 5 nitrogen and oxygen atoms in total. The number of thiazole rings is 1. The first kappa shape index (κ1) is 14.1. The van der Waals surface area contributed by atoms with Crippen LogP contribution < -0.4 is 10.6 Å². The van der Waals surface area contributed by atoms with Crippen LogP contribution in [0.2, 0.25) is 0 Å². The van der Waals surface area contributed by atoms with Gasteiger partial charge in [-0.2, -0.15) is 0 Å². The van der Waals surface area contributed by atoms with Gasteiger partial charge in [0.1, 0.15) is 5.75 Å². The summed E-state index contributed by atoms with van der Waals surface area (Å²) in [4.78, 5) is 18.3. The van der Waals surface area contributed by atoms with Crippen LogP contribution in [0.25, 0.3) is 10.4 Å². The predicted molar refractivity (Wildman–Crippen MR) is 87.4 cm³/mol. The number of anilines is 2. The Bertz CT molecular complexity index is 802. The quantitative estimate of drug-likeness (QED) is 0.773. The van der Waals surface area contributed by atoms with Gasteiger partial charge in [-0.25, -0.2) is 14.7 Å². The third-order valence-electron chi connectivity index (χ3n) is 3.05. The summed E-state index contributed by atoms with van der Waals surface area (Å²) in [5.41, 5.74) is 6.96. The zero-order chi connectivity index (χ0) is 15.5. The highest BCUT2D eigenvalue weighted by atomic mass is 32.1. The normalized spacial score (nSPS) is 10.4. The topological polar surface area (TPSA) is 79.5 Å². The number of nitrogens with two attached hydrogens (primary N) is 1. The SMILES string of the molecule is NC(=O)N(c1cccc(O)c1)c1ncc(-c2ccccc2)s1. The molecule has 2 amide bonds. The summed E-state index contributed by atoms with van der Waals surface area (Å²) in [5, 5.41) is 10.0. The minimum atomic E-state index is -0.653. The van der Waals surface area contributed by atoms with E-state index in [4.69, 9.17) is 5.73 Å². The smallest absolute Gasteiger partial charge is 0.325 e. The number of aromatic hydroxyl groups is 1. The van der Waals surface area contributed by atoms with Crippen LogP contribution in [-0.2, 0) is 0 Å². The Morgan fingerprint density at radius 2 is 1.91 bits per heavy atom. The van der Waals surface area contributed by atoms with Gasteiger partial charge in [0.05, 0.1) is 10.6 Å². The van der Waals surface area contributed by atoms with Gasteiger partial charge in [-0.3, -0.25) is 0 Å². The van der Waals surface area contributed by atoms with E-state index in [0.29, 0.717) is 10.8 Å². The Kier molecular flexibility index (Phi) is 3.76. The number of urea groups is 1. The molecule has 0 unspecified atom stereocenters. The maximum Gasteiger partial charge on any atom is 0.325 e. The van der Waals surface area contributed by atoms with Gasteiger partial charge in [-0.05, 0) is 17.7 Å². The van der Waals surface area contributed by atoms with Gasteiger partial charge in [-0.15, -0.1) is 0 Å². The van der Waals surface area contributed by atoms with Crippen molar-refractivity contribution in [2.75, 3.05) is 4.90 Å². The van der Waals surface area contributed by atoms with Crippen molar-refractivity contribution in [3.63, 3.8) is 0 Å². The molecule has 0 fully saturated rings. The monoisotopic (exact) mass is 311 g/mol. The first-order valence-corrected chi connectivity index (χ1v) is 7.36. The van der Waals surface area contributed by atoms with Crippen LogP contribution in [0.4, 0.5) is 15.6 Å². The Morgan fingerprint density at radius 1 is 1.14 bits per heavy atom. The van der Waals surface area contributed by atoms with E-state index in [0.717, 1.165) is 10.4 Å². The summed E-state index contributed by atoms with van der Waals surface area (Å²) in [6.45, 7) is 0. The molecular weight excluding hydrogens is 298 g/mol. The van der Waals surface area contributed by atoms with Crippen molar-refractivity contribution in [3.05, 3.63) is 60.8 Å². The van der Waals surface area contributed by atoms with Crippen LogP contribution in [0.15, 0.2) is 60.8 Å². The van der Waals surface area contributed by atoms with Crippen LogP contribution in [-0.4, -0.2) is 16.1 Å². The number of primary amides is 1. The molecule has 3 aromatic rings. The van der Waals surface area contributed by atoms with Crippen molar-refractivity contribution in [2.24, 2.45) is 5.73 Å². The number of amides is 2. The number of hydrogen-bond acceptors (Lipinski definition) is 4. The van der Waals surface area contributed by atoms with Crippen molar-refractivity contribution in [2.45, 2.75) is 0 Å². The molecule has 0 radical (unpaired) electrons. The van der Waals surface area contributed by atoms with Gasteiger partial charge in [-0.1, -0.05) is 47.7 Å². The summed E-state index contributed by atoms with van der Waals surface area (Å²) in [7, 11) is 0. The first-order valence-electron chi connectivity index (χ1n) is 6.55. The molecule has 22 heavy (non-hydrogen) atoms. The summed E-state index contributed by atoms with van der Waals surface area (Å²) in [6.07, 6.45) is 1.70. The molecular formula is C16H13N3O2S. The molecule has 3 N–H and O–H groups in total. The van der Waals surface area contributed by atoms with E-state index in [1.807, 2.05) is 30.3 Å². The molecule has 110 valence electrons. The van der Waals surface area contributed by atoms with Crippen LogP contribution in [0.1, 0.15) is 0 Å². The van der Waals surface area contributed by atoms with Crippen LogP contribution in [0.3, 0.4) is 0 Å². The second-order valence-electron chi connectivity index (χ2n) is 4.57. The maximum atomic E-state index is 11.8. The van der Waals surface area contributed by atoms with E-state index in [1.54, 1.807) is 18.3 Å². The molecule has 1 heterocycles. The van der Waals surface area contributed by atoms with Gasteiger partial charge in [0, 0.05) is 12.3 Å². The molecule has 2 aromatic carbocycles. The van der Waals surface area contributed by atoms with Crippen LogP contribution in [0.5, 0.6) is 5.75 Å². The molecule has 0 bridgehead atoms. The van der Waals surface area contributed by atoms with Crippen molar-refractivity contribution >= 4 is 28.2 Å². The van der Waals surface area contributed by atoms with Gasteiger partial charge >= 0.3 is 6.03 Å². The number of hydrogen-bond donors (Lipinski definition) is 2. The van der Waals surface area contributed by atoms with E-state index in [-0.39, 0.29) is 5.75 Å². The number of carbonyl (C=O) groups excluding carboxylic acids is 1. The average molecular weight is 311 g/mol. The highest BCUT2D eigenvalue weighted by molar-refractivity contribution is 7.19. The summed E-state index contributed by atoms with van der Waals surface area (Å²) in [5.74, 6) is 0.0589. The number of aromatic nitrogens is 1. The molecule has 0 aliphatic rings. The molecule has 1 aromatic heterocycles. The van der Waals surface area contributed by atoms with E-state index < -0.39 is 6.03 Å². The summed E-state index contributed by atoms with van der Waals surface area (Å²) >= 11 is 1.36. The molecule has 0 saturated carbocycles. The lowest BCUT2D eigenvalue weighted by Gasteiger charge is -2.17. The van der Waals surface area contributed by atoms with Crippen molar-refractivity contribution < 1.29 is 9.90 Å². The number of benzene rings is 2. The fraction of sp³-hybridized carbons (Fsp3) is 0. The minimum absolute atomic E-state index is 0.0589. The second kappa shape index (κ2) is 5.87. The van der Waals surface area contributed by atoms with Crippen LogP contribution >= 0.6 is 11.3 Å². The van der Waals surface area contributed by atoms with Crippen molar-refractivity contribution in [1.82, 2.24) is 4.98 Å². The largest absolute Gasteiger partial charge is 0.508 e. The number of phenolic OH excluding ortho intramolecular Hbond substituents is 1. The lowest BCUT2D eigenvalue weighted by atomic mass is 10.2. The predicted octanol–water partition coefficient (Wildman–Crippen LogP) is 3.73. The lowest BCUT2D eigenvalue weighted by Crippen LogP contribution is -2.31. The van der Waals surface area contributed by atoms with Crippen molar-refractivity contribution in [1.29, 1.82) is 0 Å². The van der Waals surface area contributed by atoms with Crippen molar-refractivity contribution in [3.8, 4) is 16.2 Å². The van der Waals surface area contributed by atoms with E-state index >= 15 is 0 Å². The highest BCUT2D eigenvalue weighted by Gasteiger charge is 2.19. The molecule has 0 aliphatic heterocycles. The third kappa shape index (κ3) is 2.77. The molecule has 0 spiro atoms. The Balaban J connectivity index is 2.00. The molecule has 6 heteroatoms. The third-order valence-corrected chi connectivity index (χ3v) is 4.08. The Labute approximate surface area is 131 Å². The number of phenols is 1. The first-order chi connectivity index (χ1) is 10.6. The zero-order valence-corrected chi connectivity index (χ0v) is 12.3. The number of nitrogens with zero attached hydrogens (tertiary/aromatic N) is 2.